The van der Waals surface area contributed by atoms with E-state index >= 15 is 0 Å². The van der Waals surface area contributed by atoms with Crippen LogP contribution < -0.4 is 0 Å². The van der Waals surface area contributed by atoms with Gasteiger partial charge in [0.2, 0.25) is 0 Å². The summed E-state index contributed by atoms with van der Waals surface area (Å²) in [5.74, 6) is 0. The summed E-state index contributed by atoms with van der Waals surface area (Å²) < 4.78 is 21.5. The molecule has 2 saturated heterocycles. The third-order valence-electron chi connectivity index (χ3n) is 5.01. The lowest BCUT2D eigenvalue weighted by atomic mass is 9.99. The Morgan fingerprint density at radius 3 is 2.27 bits per heavy atom. The summed E-state index contributed by atoms with van der Waals surface area (Å²) in [7, 11) is 0. The van der Waals surface area contributed by atoms with E-state index in [2.05, 4.69) is 0 Å². The molecule has 6 N–H and O–H groups in total. The predicted octanol–water partition coefficient (Wildman–Crippen LogP) is -2.02. The highest BCUT2D eigenvalue weighted by molar-refractivity contribution is 5.48. The molecule has 0 aliphatic carbocycles. The molecule has 0 aromatic heterocycles. The molecule has 1 aromatic carbocycles. The molecule has 0 bridgehead atoms. The van der Waals surface area contributed by atoms with Gasteiger partial charge in [0, 0.05) is 0 Å². The first-order chi connectivity index (χ1) is 14.4. The number of aliphatic hydroxyl groups is 6. The highest BCUT2D eigenvalue weighted by atomic mass is 16.7. The van der Waals surface area contributed by atoms with Crippen LogP contribution in [0.1, 0.15) is 5.56 Å². The maximum atomic E-state index is 10.2. The van der Waals surface area contributed by atoms with Crippen molar-refractivity contribution in [2.45, 2.75) is 55.3 Å². The van der Waals surface area contributed by atoms with Crippen LogP contribution in [-0.4, -0.2) is 106 Å². The monoisotopic (exact) mass is 428 g/mol. The van der Waals surface area contributed by atoms with E-state index < -0.39 is 55.3 Å². The molecule has 0 amide bonds. The van der Waals surface area contributed by atoms with Crippen LogP contribution >= 0.6 is 0 Å². The van der Waals surface area contributed by atoms with Crippen molar-refractivity contribution in [1.29, 1.82) is 0 Å². The smallest absolute Gasteiger partial charge is 0.187 e. The number of aliphatic hydroxyl groups excluding tert-OH is 6. The van der Waals surface area contributed by atoms with Crippen molar-refractivity contribution in [3.8, 4) is 0 Å². The summed E-state index contributed by atoms with van der Waals surface area (Å²) in [4.78, 5) is 0. The topological polar surface area (TPSA) is 158 Å². The lowest BCUT2D eigenvalue weighted by Gasteiger charge is -2.41. The van der Waals surface area contributed by atoms with Crippen LogP contribution in [-0.2, 0) is 18.9 Å². The SMILES string of the molecule is O[C@@H]1[C@@H](O)[C@H](OC/C=C/c2ccccc2)O[C@H](CO[C@H]2OC[C@H](O)[C@H](O)[C@H]2O)[C@H]1O. The maximum absolute atomic E-state index is 10.2. The zero-order chi connectivity index (χ0) is 21.7. The second-order valence-electron chi connectivity index (χ2n) is 7.24. The Balaban J connectivity index is 1.52. The van der Waals surface area contributed by atoms with Crippen molar-refractivity contribution in [2.24, 2.45) is 0 Å². The second-order valence-corrected chi connectivity index (χ2v) is 7.24. The minimum Gasteiger partial charge on any atom is -0.388 e. The number of hydrogen-bond acceptors (Lipinski definition) is 10. The van der Waals surface area contributed by atoms with Gasteiger partial charge < -0.3 is 49.6 Å². The van der Waals surface area contributed by atoms with Crippen molar-refractivity contribution in [3.05, 3.63) is 42.0 Å². The number of ether oxygens (including phenoxy) is 4. The molecule has 1 aromatic rings. The lowest BCUT2D eigenvalue weighted by molar-refractivity contribution is -0.319. The van der Waals surface area contributed by atoms with Crippen LogP contribution in [0.2, 0.25) is 0 Å². The van der Waals surface area contributed by atoms with Crippen LogP contribution in [0, 0.1) is 0 Å². The van der Waals surface area contributed by atoms with Gasteiger partial charge in [-0.25, -0.2) is 0 Å². The van der Waals surface area contributed by atoms with Gasteiger partial charge >= 0.3 is 0 Å². The van der Waals surface area contributed by atoms with Crippen molar-refractivity contribution in [1.82, 2.24) is 0 Å². The third-order valence-corrected chi connectivity index (χ3v) is 5.01. The van der Waals surface area contributed by atoms with Crippen molar-refractivity contribution >= 4 is 6.08 Å². The van der Waals surface area contributed by atoms with Crippen LogP contribution in [0.4, 0.5) is 0 Å². The van der Waals surface area contributed by atoms with E-state index in [-0.39, 0.29) is 19.8 Å². The number of rotatable bonds is 7. The Labute approximate surface area is 173 Å². The van der Waals surface area contributed by atoms with Crippen molar-refractivity contribution < 1.29 is 49.6 Å². The van der Waals surface area contributed by atoms with Crippen LogP contribution in [0.5, 0.6) is 0 Å². The summed E-state index contributed by atoms with van der Waals surface area (Å²) in [6, 6.07) is 9.50. The fourth-order valence-corrected chi connectivity index (χ4v) is 3.21. The predicted molar refractivity (Wildman–Crippen MR) is 102 cm³/mol. The zero-order valence-electron chi connectivity index (χ0n) is 16.2. The molecule has 0 unspecified atom stereocenters. The zero-order valence-corrected chi connectivity index (χ0v) is 16.2. The van der Waals surface area contributed by atoms with Crippen LogP contribution in [0.25, 0.3) is 6.08 Å². The van der Waals surface area contributed by atoms with E-state index in [0.29, 0.717) is 0 Å². The Bertz CT molecular complexity index is 671. The molecule has 2 aliphatic heterocycles. The van der Waals surface area contributed by atoms with Gasteiger partial charge in [0.15, 0.2) is 12.6 Å². The summed E-state index contributed by atoms with van der Waals surface area (Å²) in [6.45, 7) is -0.478. The van der Waals surface area contributed by atoms with E-state index in [1.807, 2.05) is 36.4 Å². The van der Waals surface area contributed by atoms with Gasteiger partial charge in [0.25, 0.3) is 0 Å². The van der Waals surface area contributed by atoms with Crippen LogP contribution in [0.15, 0.2) is 36.4 Å². The van der Waals surface area contributed by atoms with Gasteiger partial charge in [-0.3, -0.25) is 0 Å². The van der Waals surface area contributed by atoms with E-state index in [0.717, 1.165) is 5.56 Å². The average molecular weight is 428 g/mol. The highest BCUT2D eigenvalue weighted by Crippen LogP contribution is 2.24. The second kappa shape index (κ2) is 10.7. The molecular formula is C20H28O10. The standard InChI is InChI=1S/C20H28O10/c21-12-9-28-19(17(25)14(12)22)29-10-13-15(23)16(24)18(26)20(30-13)27-8-4-7-11-5-2-1-3-6-11/h1-7,12-26H,8-10H2/b7-4+/t12-,13+,14-,15+,16-,17+,18+,19+,20+/m0/s1. The van der Waals surface area contributed by atoms with Gasteiger partial charge in [0.05, 0.1) is 19.8 Å². The molecule has 10 nitrogen and oxygen atoms in total. The van der Waals surface area contributed by atoms with Gasteiger partial charge in [-0.05, 0) is 5.56 Å². The highest BCUT2D eigenvalue weighted by Gasteiger charge is 2.45. The van der Waals surface area contributed by atoms with Gasteiger partial charge in [-0.1, -0.05) is 42.5 Å². The van der Waals surface area contributed by atoms with Crippen LogP contribution in [0.3, 0.4) is 0 Å². The van der Waals surface area contributed by atoms with E-state index in [1.54, 1.807) is 6.08 Å². The maximum Gasteiger partial charge on any atom is 0.187 e. The minimum atomic E-state index is -1.54. The summed E-state index contributed by atoms with van der Waals surface area (Å²) >= 11 is 0. The molecule has 9 atom stereocenters. The number of benzene rings is 1. The minimum absolute atomic E-state index is 0.0849. The summed E-state index contributed by atoms with van der Waals surface area (Å²) in [6.07, 6.45) is -8.71. The van der Waals surface area contributed by atoms with E-state index in [9.17, 15) is 30.6 Å². The van der Waals surface area contributed by atoms with Gasteiger partial charge in [0.1, 0.15) is 42.7 Å². The normalized spacial score (nSPS) is 40.0. The van der Waals surface area contributed by atoms with E-state index in [1.165, 1.54) is 0 Å². The van der Waals surface area contributed by atoms with Crippen molar-refractivity contribution in [2.75, 3.05) is 19.8 Å². The van der Waals surface area contributed by atoms with E-state index in [4.69, 9.17) is 18.9 Å². The Hall–Kier alpha value is -1.44. The Kier molecular flexibility index (Phi) is 8.31. The Morgan fingerprint density at radius 2 is 1.53 bits per heavy atom. The molecule has 2 fully saturated rings. The fourth-order valence-electron chi connectivity index (χ4n) is 3.21. The molecule has 30 heavy (non-hydrogen) atoms. The first-order valence-electron chi connectivity index (χ1n) is 9.68. The molecule has 0 radical (unpaired) electrons. The molecule has 0 saturated carbocycles. The summed E-state index contributed by atoms with van der Waals surface area (Å²) in [5, 5.41) is 59.4. The average Bonchev–Trinajstić information content (AvgIpc) is 2.76. The molecule has 2 aliphatic rings. The molecular weight excluding hydrogens is 400 g/mol. The van der Waals surface area contributed by atoms with Gasteiger partial charge in [-0.2, -0.15) is 0 Å². The first-order valence-corrected chi connectivity index (χ1v) is 9.68. The third kappa shape index (κ3) is 5.62. The molecule has 10 heteroatoms. The molecule has 3 rings (SSSR count). The van der Waals surface area contributed by atoms with Gasteiger partial charge in [-0.15, -0.1) is 0 Å². The first kappa shape index (κ1) is 23.2. The fraction of sp³-hybridized carbons (Fsp3) is 0.600. The molecule has 168 valence electrons. The largest absolute Gasteiger partial charge is 0.388 e. The Morgan fingerprint density at radius 1 is 0.833 bits per heavy atom. The lowest BCUT2D eigenvalue weighted by Crippen LogP contribution is -2.60. The quantitative estimate of drug-likeness (QED) is 0.286. The van der Waals surface area contributed by atoms with Crippen molar-refractivity contribution in [3.63, 3.8) is 0 Å². The summed E-state index contributed by atoms with van der Waals surface area (Å²) in [5.41, 5.74) is 0.964. The number of hydrogen-bond donors (Lipinski definition) is 6. The molecule has 2 heterocycles. The molecule has 0 spiro atoms.